The molecule has 24 heavy (non-hydrogen) atoms. The van der Waals surface area contributed by atoms with E-state index in [9.17, 15) is 18.3 Å². The first-order valence-electron chi connectivity index (χ1n) is 7.31. The molecule has 1 atom stereocenters. The summed E-state index contributed by atoms with van der Waals surface area (Å²) in [6.45, 7) is 2.94. The number of sulfonamides is 1. The molecule has 0 amide bonds. The Morgan fingerprint density at radius 1 is 1.12 bits per heavy atom. The largest absolute Gasteiger partial charge is 0.548 e. The molecule has 7 heteroatoms. The standard InChI is InChI=1S/C17H19NO5S/c1-13-8-10-16(11-9-13)24(21,22)18(14(2)17(19)20)23-12-15-6-4-3-5-7-15/h3-11,14H,12H2,1-2H3,(H,19,20)/p-1/t14-/m1/s1. The highest BCUT2D eigenvalue weighted by molar-refractivity contribution is 7.89. The molecule has 0 spiro atoms. The van der Waals surface area contributed by atoms with Crippen LogP contribution in [0.1, 0.15) is 18.1 Å². The molecule has 0 heterocycles. The van der Waals surface area contributed by atoms with Gasteiger partial charge in [-0.25, -0.2) is 8.42 Å². The van der Waals surface area contributed by atoms with Crippen LogP contribution < -0.4 is 5.11 Å². The lowest BCUT2D eigenvalue weighted by Gasteiger charge is -2.28. The van der Waals surface area contributed by atoms with Gasteiger partial charge in [0.05, 0.1) is 23.5 Å². The van der Waals surface area contributed by atoms with E-state index < -0.39 is 22.0 Å². The van der Waals surface area contributed by atoms with E-state index in [0.29, 0.717) is 10.0 Å². The fourth-order valence-corrected chi connectivity index (χ4v) is 3.38. The Morgan fingerprint density at radius 2 is 1.71 bits per heavy atom. The molecular formula is C17H18NO5S-. The molecule has 0 saturated heterocycles. The van der Waals surface area contributed by atoms with Crippen LogP contribution in [0.2, 0.25) is 0 Å². The van der Waals surface area contributed by atoms with Crippen molar-refractivity contribution in [2.45, 2.75) is 31.4 Å². The van der Waals surface area contributed by atoms with Gasteiger partial charge in [-0.3, -0.25) is 4.84 Å². The fourth-order valence-electron chi connectivity index (χ4n) is 2.00. The maximum atomic E-state index is 12.7. The minimum atomic E-state index is -4.14. The Labute approximate surface area is 141 Å². The molecule has 128 valence electrons. The van der Waals surface area contributed by atoms with E-state index >= 15 is 0 Å². The third kappa shape index (κ3) is 4.19. The van der Waals surface area contributed by atoms with Crippen molar-refractivity contribution in [1.29, 1.82) is 0 Å². The summed E-state index contributed by atoms with van der Waals surface area (Å²) in [5.41, 5.74) is 1.60. The Morgan fingerprint density at radius 3 is 2.25 bits per heavy atom. The number of rotatable bonds is 7. The van der Waals surface area contributed by atoms with Crippen molar-refractivity contribution in [2.24, 2.45) is 0 Å². The maximum absolute atomic E-state index is 12.7. The second-order valence-electron chi connectivity index (χ2n) is 5.33. The van der Waals surface area contributed by atoms with Crippen LogP contribution >= 0.6 is 0 Å². The van der Waals surface area contributed by atoms with Crippen molar-refractivity contribution in [3.63, 3.8) is 0 Å². The van der Waals surface area contributed by atoms with Gasteiger partial charge in [0.1, 0.15) is 0 Å². The predicted molar refractivity (Wildman–Crippen MR) is 85.9 cm³/mol. The lowest BCUT2D eigenvalue weighted by atomic mass is 10.2. The number of carbonyl (C=O) groups excluding carboxylic acids is 1. The van der Waals surface area contributed by atoms with Crippen molar-refractivity contribution in [3.05, 3.63) is 65.7 Å². The molecule has 0 N–H and O–H groups in total. The SMILES string of the molecule is Cc1ccc(S(=O)(=O)N(OCc2ccccc2)[C@H](C)C(=O)[O-])cc1. The normalized spacial score (nSPS) is 13.0. The lowest BCUT2D eigenvalue weighted by Crippen LogP contribution is -2.48. The summed E-state index contributed by atoms with van der Waals surface area (Å²) < 4.78 is 25.9. The van der Waals surface area contributed by atoms with Crippen molar-refractivity contribution in [2.75, 3.05) is 0 Å². The van der Waals surface area contributed by atoms with Crippen LogP contribution in [0.3, 0.4) is 0 Å². The second-order valence-corrected chi connectivity index (χ2v) is 7.11. The van der Waals surface area contributed by atoms with Gasteiger partial charge in [-0.2, -0.15) is 0 Å². The maximum Gasteiger partial charge on any atom is 0.265 e. The molecule has 0 saturated carbocycles. The highest BCUT2D eigenvalue weighted by atomic mass is 32.2. The van der Waals surface area contributed by atoms with Gasteiger partial charge in [0.25, 0.3) is 10.0 Å². The Bertz CT molecular complexity index is 787. The first-order chi connectivity index (χ1) is 11.3. The minimum absolute atomic E-state index is 0.0470. The summed E-state index contributed by atoms with van der Waals surface area (Å²) in [6, 6.07) is 13.5. The van der Waals surface area contributed by atoms with E-state index in [2.05, 4.69) is 0 Å². The number of benzene rings is 2. The van der Waals surface area contributed by atoms with Gasteiger partial charge in [0.15, 0.2) is 0 Å². The van der Waals surface area contributed by atoms with Gasteiger partial charge in [-0.15, -0.1) is 0 Å². The number of aliphatic carboxylic acids is 1. The fraction of sp³-hybridized carbons (Fsp3) is 0.235. The lowest BCUT2D eigenvalue weighted by molar-refractivity contribution is -0.316. The number of carboxylic acid groups (broad SMARTS) is 1. The number of carboxylic acids is 1. The number of carbonyl (C=O) groups is 1. The van der Waals surface area contributed by atoms with Gasteiger partial charge in [0.2, 0.25) is 0 Å². The quantitative estimate of drug-likeness (QED) is 0.703. The topological polar surface area (TPSA) is 86.7 Å². The summed E-state index contributed by atoms with van der Waals surface area (Å²) in [4.78, 5) is 16.5. The molecule has 2 rings (SSSR count). The summed E-state index contributed by atoms with van der Waals surface area (Å²) in [6.07, 6.45) is 0. The Kier molecular flexibility index (Phi) is 5.71. The predicted octanol–water partition coefficient (Wildman–Crippen LogP) is 1.26. The zero-order valence-corrected chi connectivity index (χ0v) is 14.2. The number of hydrogen-bond donors (Lipinski definition) is 0. The van der Waals surface area contributed by atoms with E-state index in [1.807, 2.05) is 13.0 Å². The summed E-state index contributed by atoms with van der Waals surface area (Å²) >= 11 is 0. The van der Waals surface area contributed by atoms with Crippen LogP contribution in [0, 0.1) is 6.92 Å². The molecule has 2 aromatic rings. The van der Waals surface area contributed by atoms with Gasteiger partial charge < -0.3 is 9.90 Å². The average Bonchev–Trinajstić information content (AvgIpc) is 2.56. The molecule has 0 aliphatic heterocycles. The smallest absolute Gasteiger partial charge is 0.265 e. The molecule has 0 fully saturated rings. The van der Waals surface area contributed by atoms with Crippen molar-refractivity contribution in [3.8, 4) is 0 Å². The molecular weight excluding hydrogens is 330 g/mol. The molecule has 0 aliphatic carbocycles. The van der Waals surface area contributed by atoms with Gasteiger partial charge >= 0.3 is 0 Å². The Balaban J connectivity index is 2.31. The number of nitrogens with zero attached hydrogens (tertiary/aromatic N) is 1. The van der Waals surface area contributed by atoms with Crippen LogP contribution in [0.25, 0.3) is 0 Å². The molecule has 2 aromatic carbocycles. The zero-order chi connectivity index (χ0) is 17.7. The van der Waals surface area contributed by atoms with Crippen LogP contribution in [0.4, 0.5) is 0 Å². The van der Waals surface area contributed by atoms with Crippen molar-refractivity contribution >= 4 is 16.0 Å². The van der Waals surface area contributed by atoms with E-state index in [1.165, 1.54) is 19.1 Å². The second kappa shape index (κ2) is 7.57. The highest BCUT2D eigenvalue weighted by Gasteiger charge is 2.31. The zero-order valence-electron chi connectivity index (χ0n) is 13.4. The highest BCUT2D eigenvalue weighted by Crippen LogP contribution is 2.20. The monoisotopic (exact) mass is 348 g/mol. The third-order valence-corrected chi connectivity index (χ3v) is 5.18. The van der Waals surface area contributed by atoms with E-state index in [1.54, 1.807) is 36.4 Å². The Hall–Kier alpha value is -2.22. The molecule has 0 bridgehead atoms. The number of hydrogen-bond acceptors (Lipinski definition) is 5. The van der Waals surface area contributed by atoms with E-state index in [-0.39, 0.29) is 11.5 Å². The molecule has 0 radical (unpaired) electrons. The van der Waals surface area contributed by atoms with Crippen LogP contribution in [0.15, 0.2) is 59.5 Å². The number of hydroxylamine groups is 1. The van der Waals surface area contributed by atoms with Crippen LogP contribution in [0.5, 0.6) is 0 Å². The first kappa shape index (κ1) is 18.1. The van der Waals surface area contributed by atoms with Gasteiger partial charge in [0, 0.05) is 0 Å². The molecule has 6 nitrogen and oxygen atoms in total. The van der Waals surface area contributed by atoms with Crippen molar-refractivity contribution in [1.82, 2.24) is 4.47 Å². The van der Waals surface area contributed by atoms with Gasteiger partial charge in [-0.05, 0) is 31.5 Å². The first-order valence-corrected chi connectivity index (χ1v) is 8.75. The summed E-state index contributed by atoms with van der Waals surface area (Å²) in [5.74, 6) is -1.54. The van der Waals surface area contributed by atoms with Crippen LogP contribution in [-0.2, 0) is 26.3 Å². The summed E-state index contributed by atoms with van der Waals surface area (Å²) in [7, 11) is -4.14. The van der Waals surface area contributed by atoms with E-state index in [0.717, 1.165) is 5.56 Å². The summed E-state index contributed by atoms with van der Waals surface area (Å²) in [5, 5.41) is 11.2. The van der Waals surface area contributed by atoms with E-state index in [4.69, 9.17) is 4.84 Å². The van der Waals surface area contributed by atoms with Crippen molar-refractivity contribution < 1.29 is 23.2 Å². The molecule has 0 aromatic heterocycles. The number of aryl methyl sites for hydroxylation is 1. The van der Waals surface area contributed by atoms with Crippen LogP contribution in [-0.4, -0.2) is 24.9 Å². The minimum Gasteiger partial charge on any atom is -0.548 e. The molecule has 0 aliphatic rings. The average molecular weight is 348 g/mol. The molecule has 0 unspecified atom stereocenters. The van der Waals surface area contributed by atoms with Gasteiger partial charge in [-0.1, -0.05) is 52.5 Å². The third-order valence-electron chi connectivity index (χ3n) is 3.41.